The number of ether oxygens (including phenoxy) is 3. The summed E-state index contributed by atoms with van der Waals surface area (Å²) in [6.45, 7) is 4.65. The average Bonchev–Trinajstić information content (AvgIpc) is 2.69. The molecule has 1 aliphatic rings. The minimum atomic E-state index is -0.234. The highest BCUT2D eigenvalue weighted by Gasteiger charge is 2.17. The molecule has 0 spiro atoms. The SMILES string of the molecule is COc1c(C)cc(-c2coc3cc(OC4CCCCO4)ccc3c2=O)cc1C. The van der Waals surface area contributed by atoms with Gasteiger partial charge < -0.3 is 18.6 Å². The molecule has 1 unspecified atom stereocenters. The molecule has 146 valence electrons. The Bertz CT molecular complexity index is 1040. The van der Waals surface area contributed by atoms with Gasteiger partial charge in [0.2, 0.25) is 0 Å². The molecule has 4 rings (SSSR count). The predicted molar refractivity (Wildman–Crippen MR) is 108 cm³/mol. The van der Waals surface area contributed by atoms with Gasteiger partial charge in [-0.05, 0) is 67.6 Å². The van der Waals surface area contributed by atoms with Gasteiger partial charge in [-0.3, -0.25) is 4.79 Å². The van der Waals surface area contributed by atoms with E-state index >= 15 is 0 Å². The van der Waals surface area contributed by atoms with Crippen molar-refractivity contribution in [3.63, 3.8) is 0 Å². The van der Waals surface area contributed by atoms with Crippen LogP contribution in [0.4, 0.5) is 0 Å². The first-order valence-corrected chi connectivity index (χ1v) is 9.56. The lowest BCUT2D eigenvalue weighted by Gasteiger charge is -2.23. The van der Waals surface area contributed by atoms with Gasteiger partial charge in [0.1, 0.15) is 23.3 Å². The number of aryl methyl sites for hydroxylation is 2. The van der Waals surface area contributed by atoms with Crippen molar-refractivity contribution in [3.8, 4) is 22.6 Å². The minimum absolute atomic E-state index is 0.0642. The summed E-state index contributed by atoms with van der Waals surface area (Å²) in [5.41, 5.74) is 3.75. The highest BCUT2D eigenvalue weighted by molar-refractivity contribution is 5.83. The lowest BCUT2D eigenvalue weighted by molar-refractivity contribution is -0.105. The quantitative estimate of drug-likeness (QED) is 0.638. The Morgan fingerprint density at radius 2 is 1.86 bits per heavy atom. The fraction of sp³-hybridized carbons (Fsp3) is 0.348. The van der Waals surface area contributed by atoms with Crippen LogP contribution >= 0.6 is 0 Å². The highest BCUT2D eigenvalue weighted by atomic mass is 16.7. The topological polar surface area (TPSA) is 57.9 Å². The smallest absolute Gasteiger partial charge is 0.200 e. The van der Waals surface area contributed by atoms with E-state index in [9.17, 15) is 4.79 Å². The summed E-state index contributed by atoms with van der Waals surface area (Å²) in [7, 11) is 1.65. The molecule has 5 heteroatoms. The van der Waals surface area contributed by atoms with E-state index < -0.39 is 0 Å². The largest absolute Gasteiger partial charge is 0.496 e. The Labute approximate surface area is 163 Å². The zero-order chi connectivity index (χ0) is 19.7. The molecule has 0 radical (unpaired) electrons. The molecule has 1 atom stereocenters. The molecule has 0 aliphatic carbocycles. The molecule has 1 aromatic heterocycles. The molecule has 1 aliphatic heterocycles. The molecule has 1 fully saturated rings. The number of benzene rings is 2. The molecule has 5 nitrogen and oxygen atoms in total. The normalized spacial score (nSPS) is 16.9. The number of hydrogen-bond donors (Lipinski definition) is 0. The van der Waals surface area contributed by atoms with Crippen LogP contribution in [0, 0.1) is 13.8 Å². The minimum Gasteiger partial charge on any atom is -0.496 e. The van der Waals surface area contributed by atoms with Crippen molar-refractivity contribution in [2.24, 2.45) is 0 Å². The van der Waals surface area contributed by atoms with Crippen molar-refractivity contribution in [1.82, 2.24) is 0 Å². The van der Waals surface area contributed by atoms with Crippen LogP contribution in [0.2, 0.25) is 0 Å². The summed E-state index contributed by atoms with van der Waals surface area (Å²) in [5, 5.41) is 0.528. The maximum Gasteiger partial charge on any atom is 0.200 e. The number of rotatable bonds is 4. The number of methoxy groups -OCH3 is 1. The second kappa shape index (κ2) is 7.68. The van der Waals surface area contributed by atoms with Gasteiger partial charge in [0, 0.05) is 12.5 Å². The van der Waals surface area contributed by atoms with Gasteiger partial charge >= 0.3 is 0 Å². The van der Waals surface area contributed by atoms with Crippen molar-refractivity contribution in [1.29, 1.82) is 0 Å². The molecule has 2 heterocycles. The maximum absolute atomic E-state index is 13.1. The molecular formula is C23H24O5. The number of hydrogen-bond acceptors (Lipinski definition) is 5. The van der Waals surface area contributed by atoms with Gasteiger partial charge in [-0.1, -0.05) is 0 Å². The lowest BCUT2D eigenvalue weighted by Crippen LogP contribution is -2.24. The highest BCUT2D eigenvalue weighted by Crippen LogP contribution is 2.30. The van der Waals surface area contributed by atoms with E-state index in [1.165, 1.54) is 6.26 Å². The van der Waals surface area contributed by atoms with Crippen LogP contribution < -0.4 is 14.9 Å². The van der Waals surface area contributed by atoms with Crippen molar-refractivity contribution in [3.05, 3.63) is 57.9 Å². The van der Waals surface area contributed by atoms with E-state index in [0.29, 0.717) is 22.3 Å². The van der Waals surface area contributed by atoms with Crippen LogP contribution in [0.1, 0.15) is 30.4 Å². The molecule has 0 saturated carbocycles. The third kappa shape index (κ3) is 3.50. The molecule has 0 N–H and O–H groups in total. The van der Waals surface area contributed by atoms with Crippen LogP contribution in [0.3, 0.4) is 0 Å². The van der Waals surface area contributed by atoms with Crippen LogP contribution in [-0.4, -0.2) is 20.0 Å². The lowest BCUT2D eigenvalue weighted by atomic mass is 10.00. The van der Waals surface area contributed by atoms with Crippen molar-refractivity contribution in [2.45, 2.75) is 39.4 Å². The molecule has 28 heavy (non-hydrogen) atoms. The number of fused-ring (bicyclic) bond motifs is 1. The van der Waals surface area contributed by atoms with Gasteiger partial charge in [0.15, 0.2) is 11.7 Å². The van der Waals surface area contributed by atoms with E-state index in [0.717, 1.165) is 48.3 Å². The zero-order valence-electron chi connectivity index (χ0n) is 16.4. The van der Waals surface area contributed by atoms with Crippen LogP contribution in [-0.2, 0) is 4.74 Å². The van der Waals surface area contributed by atoms with Crippen LogP contribution in [0.25, 0.3) is 22.1 Å². The van der Waals surface area contributed by atoms with Gasteiger partial charge in [-0.25, -0.2) is 0 Å². The van der Waals surface area contributed by atoms with Crippen molar-refractivity contribution >= 4 is 11.0 Å². The monoisotopic (exact) mass is 380 g/mol. The van der Waals surface area contributed by atoms with E-state index in [4.69, 9.17) is 18.6 Å². The second-order valence-corrected chi connectivity index (χ2v) is 7.19. The van der Waals surface area contributed by atoms with Crippen LogP contribution in [0.15, 0.2) is 45.8 Å². The van der Waals surface area contributed by atoms with Crippen LogP contribution in [0.5, 0.6) is 11.5 Å². The molecule has 2 aromatic carbocycles. The van der Waals surface area contributed by atoms with E-state index in [2.05, 4.69) is 0 Å². The Hall–Kier alpha value is -2.79. The first kappa shape index (κ1) is 18.6. The average molecular weight is 380 g/mol. The molecule has 3 aromatic rings. The van der Waals surface area contributed by atoms with Gasteiger partial charge in [0.25, 0.3) is 0 Å². The second-order valence-electron chi connectivity index (χ2n) is 7.19. The van der Waals surface area contributed by atoms with E-state index in [-0.39, 0.29) is 11.7 Å². The van der Waals surface area contributed by atoms with E-state index in [1.807, 2.05) is 26.0 Å². The summed E-state index contributed by atoms with van der Waals surface area (Å²) in [4.78, 5) is 13.1. The standard InChI is InChI=1S/C23H24O5/c1-14-10-16(11-15(2)23(14)25-3)19-13-27-20-12-17(7-8-18(20)22(19)24)28-21-6-4-5-9-26-21/h7-8,10-13,21H,4-6,9H2,1-3H3. The van der Waals surface area contributed by atoms with Crippen molar-refractivity contribution < 1.29 is 18.6 Å². The fourth-order valence-corrected chi connectivity index (χ4v) is 3.76. The fourth-order valence-electron chi connectivity index (χ4n) is 3.76. The summed E-state index contributed by atoms with van der Waals surface area (Å²) in [6.07, 6.45) is 4.32. The Balaban J connectivity index is 1.69. The summed E-state index contributed by atoms with van der Waals surface area (Å²) < 4.78 is 22.7. The van der Waals surface area contributed by atoms with E-state index in [1.54, 1.807) is 25.3 Å². The first-order chi connectivity index (χ1) is 13.6. The molecular weight excluding hydrogens is 356 g/mol. The summed E-state index contributed by atoms with van der Waals surface area (Å²) in [5.74, 6) is 1.48. The predicted octanol–water partition coefficient (Wildman–Crippen LogP) is 4.99. The zero-order valence-corrected chi connectivity index (χ0v) is 16.4. The van der Waals surface area contributed by atoms with Gasteiger partial charge in [-0.2, -0.15) is 0 Å². The summed E-state index contributed by atoms with van der Waals surface area (Å²) in [6, 6.07) is 9.20. The molecule has 0 bridgehead atoms. The third-order valence-electron chi connectivity index (χ3n) is 5.13. The molecule has 0 amide bonds. The Morgan fingerprint density at radius 3 is 2.54 bits per heavy atom. The Kier molecular flexibility index (Phi) is 5.09. The van der Waals surface area contributed by atoms with Crippen molar-refractivity contribution in [2.75, 3.05) is 13.7 Å². The van der Waals surface area contributed by atoms with Gasteiger partial charge in [0.05, 0.1) is 24.7 Å². The maximum atomic E-state index is 13.1. The summed E-state index contributed by atoms with van der Waals surface area (Å²) >= 11 is 0. The Morgan fingerprint density at radius 1 is 1.07 bits per heavy atom. The first-order valence-electron chi connectivity index (χ1n) is 9.56. The third-order valence-corrected chi connectivity index (χ3v) is 5.13. The molecule has 1 saturated heterocycles. The van der Waals surface area contributed by atoms with Gasteiger partial charge in [-0.15, -0.1) is 0 Å².